The monoisotopic (exact) mass is 414 g/mol. The van der Waals surface area contributed by atoms with E-state index in [1.165, 1.54) is 0 Å². The van der Waals surface area contributed by atoms with E-state index >= 15 is 0 Å². The van der Waals surface area contributed by atoms with Gasteiger partial charge < -0.3 is 14.9 Å². The molecule has 0 saturated heterocycles. The number of aliphatic carboxylic acids is 2. The molecule has 0 aromatic heterocycles. The molecule has 2 N–H and O–H groups in total. The number of esters is 2. The minimum absolute atomic E-state index is 0.132. The molecule has 0 radical (unpaired) electrons. The topological polar surface area (TPSA) is 118 Å². The third kappa shape index (κ3) is 2.27. The van der Waals surface area contributed by atoms with Crippen molar-refractivity contribution in [3.63, 3.8) is 0 Å². The molecule has 4 unspecified atom stereocenters. The summed E-state index contributed by atoms with van der Waals surface area (Å²) in [5.74, 6) is -5.00. The summed E-state index contributed by atoms with van der Waals surface area (Å²) in [7, 11) is 0. The van der Waals surface area contributed by atoms with Gasteiger partial charge in [-0.25, -0.2) is 9.59 Å². The molecule has 2 saturated carbocycles. The molecule has 0 heterocycles. The Morgan fingerprint density at radius 2 is 1.19 bits per heavy atom. The molecule has 0 aliphatic heterocycles. The van der Waals surface area contributed by atoms with Gasteiger partial charge in [-0.15, -0.1) is 0 Å². The van der Waals surface area contributed by atoms with Crippen molar-refractivity contribution in [1.29, 1.82) is 0 Å². The first-order valence-electron chi connectivity index (χ1n) is 8.67. The fraction of sp³-hybridized carbons (Fsp3) is 0.556. The number of ether oxygens (including phenoxy) is 1. The molecule has 4 aliphatic rings. The Labute approximate surface area is 163 Å². The van der Waals surface area contributed by atoms with Gasteiger partial charge in [-0.1, -0.05) is 23.2 Å². The van der Waals surface area contributed by atoms with Gasteiger partial charge >= 0.3 is 23.9 Å². The van der Waals surface area contributed by atoms with Gasteiger partial charge in [-0.05, 0) is 50.4 Å². The Balaban J connectivity index is 1.64. The van der Waals surface area contributed by atoms with Crippen molar-refractivity contribution in [3.8, 4) is 0 Å². The largest absolute Gasteiger partial charge is 0.478 e. The second kappa shape index (κ2) is 5.82. The predicted molar refractivity (Wildman–Crippen MR) is 91.7 cm³/mol. The standard InChI is InChI=1S/C18H16Cl2O7/c19-11-7-1-3-17(5-7,9(11)13(21)22)15(25)27-16(26)18-4-2-8(6-18)12(20)10(18)14(23)24/h7-8H,1-6H2,(H,21,22)(H,23,24). The number of hydrogen-bond donors (Lipinski definition) is 2. The highest BCUT2D eigenvalue weighted by molar-refractivity contribution is 6.34. The number of hydrogen-bond acceptors (Lipinski definition) is 5. The summed E-state index contributed by atoms with van der Waals surface area (Å²) in [5, 5.41) is 19.2. The number of carboxylic acids is 2. The first kappa shape index (κ1) is 18.5. The van der Waals surface area contributed by atoms with Crippen molar-refractivity contribution in [2.75, 3.05) is 0 Å². The molecule has 2 fully saturated rings. The van der Waals surface area contributed by atoms with E-state index in [1.54, 1.807) is 0 Å². The van der Waals surface area contributed by atoms with Crippen molar-refractivity contribution >= 4 is 47.1 Å². The number of allylic oxidation sites excluding steroid dienone is 2. The molecule has 0 aromatic rings. The van der Waals surface area contributed by atoms with E-state index < -0.39 is 34.7 Å². The van der Waals surface area contributed by atoms with Crippen LogP contribution in [0.1, 0.15) is 38.5 Å². The Hall–Kier alpha value is -1.86. The van der Waals surface area contributed by atoms with Crippen LogP contribution in [0, 0.1) is 22.7 Å². The third-order valence-corrected chi connectivity index (χ3v) is 7.57. The van der Waals surface area contributed by atoms with Crippen LogP contribution in [0.15, 0.2) is 21.2 Å². The lowest BCUT2D eigenvalue weighted by Crippen LogP contribution is -2.41. The maximum Gasteiger partial charge on any atom is 0.333 e. The van der Waals surface area contributed by atoms with E-state index in [1.807, 2.05) is 0 Å². The molecule has 144 valence electrons. The summed E-state index contributed by atoms with van der Waals surface area (Å²) < 4.78 is 5.13. The van der Waals surface area contributed by atoms with Gasteiger partial charge in [-0.3, -0.25) is 9.59 Å². The minimum Gasteiger partial charge on any atom is -0.478 e. The molecule has 4 bridgehead atoms. The Bertz CT molecular complexity index is 803. The molecule has 27 heavy (non-hydrogen) atoms. The molecular weight excluding hydrogens is 399 g/mol. The van der Waals surface area contributed by atoms with Crippen LogP contribution in [-0.2, 0) is 23.9 Å². The van der Waals surface area contributed by atoms with Gasteiger partial charge in [-0.2, -0.15) is 0 Å². The van der Waals surface area contributed by atoms with Gasteiger partial charge in [0.15, 0.2) is 0 Å². The number of carbonyl (C=O) groups excluding carboxylic acids is 2. The highest BCUT2D eigenvalue weighted by atomic mass is 35.5. The molecule has 4 rings (SSSR count). The lowest BCUT2D eigenvalue weighted by atomic mass is 9.78. The van der Waals surface area contributed by atoms with Gasteiger partial charge in [0.1, 0.15) is 10.8 Å². The van der Waals surface area contributed by atoms with Gasteiger partial charge in [0.05, 0.1) is 11.1 Å². The zero-order chi connectivity index (χ0) is 19.7. The highest BCUT2D eigenvalue weighted by Gasteiger charge is 2.62. The summed E-state index contributed by atoms with van der Waals surface area (Å²) in [6.07, 6.45) is 1.94. The van der Waals surface area contributed by atoms with Crippen LogP contribution in [0.25, 0.3) is 0 Å². The van der Waals surface area contributed by atoms with Crippen molar-refractivity contribution in [2.24, 2.45) is 22.7 Å². The smallest absolute Gasteiger partial charge is 0.333 e. The van der Waals surface area contributed by atoms with E-state index in [-0.39, 0.29) is 58.7 Å². The van der Waals surface area contributed by atoms with Crippen LogP contribution in [-0.4, -0.2) is 34.1 Å². The zero-order valence-electron chi connectivity index (χ0n) is 14.1. The maximum absolute atomic E-state index is 12.9. The lowest BCUT2D eigenvalue weighted by molar-refractivity contribution is -0.173. The number of halogens is 2. The summed E-state index contributed by atoms with van der Waals surface area (Å²) in [6.45, 7) is 0. The number of rotatable bonds is 4. The van der Waals surface area contributed by atoms with Crippen molar-refractivity contribution in [3.05, 3.63) is 21.2 Å². The van der Waals surface area contributed by atoms with Crippen LogP contribution in [0.4, 0.5) is 0 Å². The van der Waals surface area contributed by atoms with Crippen LogP contribution in [0.5, 0.6) is 0 Å². The van der Waals surface area contributed by atoms with E-state index in [4.69, 9.17) is 27.9 Å². The Morgan fingerprint density at radius 3 is 1.52 bits per heavy atom. The third-order valence-electron chi connectivity index (χ3n) is 6.58. The van der Waals surface area contributed by atoms with Crippen LogP contribution >= 0.6 is 23.2 Å². The fourth-order valence-corrected chi connectivity index (χ4v) is 6.21. The van der Waals surface area contributed by atoms with E-state index in [0.717, 1.165) is 0 Å². The molecule has 9 heteroatoms. The summed E-state index contributed by atoms with van der Waals surface area (Å²) in [6, 6.07) is 0. The van der Waals surface area contributed by atoms with Crippen LogP contribution < -0.4 is 0 Å². The lowest BCUT2D eigenvalue weighted by Gasteiger charge is -2.29. The first-order chi connectivity index (χ1) is 12.6. The highest BCUT2D eigenvalue weighted by Crippen LogP contribution is 2.61. The van der Waals surface area contributed by atoms with Crippen molar-refractivity contribution in [2.45, 2.75) is 38.5 Å². The van der Waals surface area contributed by atoms with E-state index in [0.29, 0.717) is 12.8 Å². The molecule has 7 nitrogen and oxygen atoms in total. The molecule has 4 aliphatic carbocycles. The van der Waals surface area contributed by atoms with Crippen molar-refractivity contribution in [1.82, 2.24) is 0 Å². The van der Waals surface area contributed by atoms with Crippen molar-refractivity contribution < 1.29 is 34.1 Å². The number of carboxylic acid groups (broad SMARTS) is 2. The Morgan fingerprint density at radius 1 is 0.815 bits per heavy atom. The second-order valence-electron chi connectivity index (χ2n) is 7.78. The van der Waals surface area contributed by atoms with Crippen LogP contribution in [0.3, 0.4) is 0 Å². The second-order valence-corrected chi connectivity index (χ2v) is 8.59. The average Bonchev–Trinajstić information content (AvgIpc) is 3.31. The van der Waals surface area contributed by atoms with E-state index in [2.05, 4.69) is 0 Å². The SMILES string of the molecule is O=C(O)C1=C(Cl)C2CCC1(C(=O)OC(=O)C13CCC(C1)C(Cl)=C3C(=O)O)C2. The summed E-state index contributed by atoms with van der Waals surface area (Å²) in [5.41, 5.74) is -3.32. The quantitative estimate of drug-likeness (QED) is 0.536. The normalized spacial score (nSPS) is 36.5. The summed E-state index contributed by atoms with van der Waals surface area (Å²) >= 11 is 12.2. The van der Waals surface area contributed by atoms with Gasteiger partial charge in [0, 0.05) is 10.1 Å². The summed E-state index contributed by atoms with van der Waals surface area (Å²) in [4.78, 5) is 49.0. The molecule has 0 amide bonds. The zero-order valence-corrected chi connectivity index (χ0v) is 15.6. The van der Waals surface area contributed by atoms with E-state index in [9.17, 15) is 29.4 Å². The van der Waals surface area contributed by atoms with Gasteiger partial charge in [0.2, 0.25) is 0 Å². The Kier molecular flexibility index (Phi) is 3.99. The number of carbonyl (C=O) groups is 4. The van der Waals surface area contributed by atoms with Crippen LogP contribution in [0.2, 0.25) is 0 Å². The minimum atomic E-state index is -1.45. The van der Waals surface area contributed by atoms with Gasteiger partial charge in [0.25, 0.3) is 0 Å². The predicted octanol–water partition coefficient (Wildman–Crippen LogP) is 2.81. The first-order valence-corrected chi connectivity index (χ1v) is 9.43. The fourth-order valence-electron chi connectivity index (χ4n) is 5.31. The molecule has 4 atom stereocenters. The molecular formula is C18H16Cl2O7. The average molecular weight is 415 g/mol. The number of fused-ring (bicyclic) bond motifs is 4. The molecule has 0 aromatic carbocycles. The maximum atomic E-state index is 12.9. The molecule has 0 spiro atoms.